The molecule has 0 radical (unpaired) electrons. The van der Waals surface area contributed by atoms with Crippen molar-refractivity contribution >= 4 is 11.9 Å². The molecule has 1 aliphatic heterocycles. The Bertz CT molecular complexity index is 666. The van der Waals surface area contributed by atoms with Crippen molar-refractivity contribution < 1.29 is 28.2 Å². The van der Waals surface area contributed by atoms with Crippen molar-refractivity contribution in [3.05, 3.63) is 35.4 Å². The zero-order valence-electron chi connectivity index (χ0n) is 13.2. The lowest BCUT2D eigenvalue weighted by atomic mass is 10.1. The summed E-state index contributed by atoms with van der Waals surface area (Å²) in [5.41, 5.74) is 0.340. The molecule has 1 aromatic rings. The van der Waals surface area contributed by atoms with Gasteiger partial charge in [0.2, 0.25) is 5.91 Å². The van der Waals surface area contributed by atoms with E-state index in [-0.39, 0.29) is 30.3 Å². The molecular weight excluding hydrogens is 320 g/mol. The third kappa shape index (κ3) is 3.26. The summed E-state index contributed by atoms with van der Waals surface area (Å²) in [4.78, 5) is 25.3. The van der Waals surface area contributed by atoms with Crippen LogP contribution in [-0.2, 0) is 14.3 Å². The number of ether oxygens (including phenoxy) is 1. The minimum Gasteiger partial charge on any atom is -0.481 e. The molecule has 2 fully saturated rings. The summed E-state index contributed by atoms with van der Waals surface area (Å²) in [6.45, 7) is 0.350. The van der Waals surface area contributed by atoms with Gasteiger partial charge in [-0.3, -0.25) is 9.59 Å². The summed E-state index contributed by atoms with van der Waals surface area (Å²) < 4.78 is 32.1. The first-order chi connectivity index (χ1) is 11.4. The maximum atomic E-state index is 13.9. The van der Waals surface area contributed by atoms with Crippen LogP contribution in [0.3, 0.4) is 0 Å². The summed E-state index contributed by atoms with van der Waals surface area (Å²) in [7, 11) is 1.53. The van der Waals surface area contributed by atoms with Crippen LogP contribution in [0.1, 0.15) is 30.7 Å². The van der Waals surface area contributed by atoms with Crippen LogP contribution in [0.4, 0.5) is 8.78 Å². The van der Waals surface area contributed by atoms with Gasteiger partial charge in [-0.15, -0.1) is 0 Å². The highest BCUT2D eigenvalue weighted by atomic mass is 19.1. The highest BCUT2D eigenvalue weighted by Crippen LogP contribution is 2.50. The molecule has 1 heterocycles. The van der Waals surface area contributed by atoms with Gasteiger partial charge >= 0.3 is 5.97 Å². The van der Waals surface area contributed by atoms with E-state index in [1.54, 1.807) is 4.90 Å². The number of halogens is 2. The molecule has 7 heteroatoms. The van der Waals surface area contributed by atoms with E-state index >= 15 is 0 Å². The third-order valence-corrected chi connectivity index (χ3v) is 4.87. The Morgan fingerprint density at radius 3 is 2.71 bits per heavy atom. The highest BCUT2D eigenvalue weighted by Gasteiger charge is 2.50. The molecule has 1 aliphatic carbocycles. The van der Waals surface area contributed by atoms with Crippen LogP contribution >= 0.6 is 0 Å². The normalized spacial score (nSPS) is 28.9. The maximum absolute atomic E-state index is 13.9. The molecule has 1 N–H and O–H groups in total. The molecule has 3 rings (SSSR count). The predicted molar refractivity (Wildman–Crippen MR) is 80.4 cm³/mol. The van der Waals surface area contributed by atoms with Crippen molar-refractivity contribution in [2.75, 3.05) is 13.7 Å². The number of carbonyl (C=O) groups excluding carboxylic acids is 1. The van der Waals surface area contributed by atoms with E-state index in [0.29, 0.717) is 24.9 Å². The Balaban J connectivity index is 1.71. The van der Waals surface area contributed by atoms with Crippen molar-refractivity contribution in [1.29, 1.82) is 0 Å². The fourth-order valence-corrected chi connectivity index (χ4v) is 3.54. The molecule has 0 spiro atoms. The standard InChI is InChI=1S/C17H19F2NO4/c1-24-11-5-10(6-16(21)22)20(8-11)17(23)14-7-13(14)12-3-2-9(18)4-15(12)19/h2-4,10-11,13-14H,5-8H2,1H3,(H,21,22). The number of benzene rings is 1. The molecule has 4 unspecified atom stereocenters. The number of carboxylic acids is 1. The topological polar surface area (TPSA) is 66.8 Å². The number of rotatable bonds is 5. The SMILES string of the molecule is COC1CC(CC(=O)O)N(C(=O)C2CC2c2ccc(F)cc2F)C1. The number of carbonyl (C=O) groups is 2. The van der Waals surface area contributed by atoms with Gasteiger partial charge in [0.05, 0.1) is 12.5 Å². The van der Waals surface area contributed by atoms with Crippen LogP contribution in [0, 0.1) is 17.6 Å². The van der Waals surface area contributed by atoms with E-state index in [1.807, 2.05) is 0 Å². The summed E-state index contributed by atoms with van der Waals surface area (Å²) in [6, 6.07) is 2.97. The first-order valence-corrected chi connectivity index (χ1v) is 7.90. The molecule has 0 aromatic heterocycles. The predicted octanol–water partition coefficient (Wildman–Crippen LogP) is 2.16. The maximum Gasteiger partial charge on any atom is 0.305 e. The van der Waals surface area contributed by atoms with Crippen molar-refractivity contribution in [3.8, 4) is 0 Å². The first-order valence-electron chi connectivity index (χ1n) is 7.90. The Morgan fingerprint density at radius 2 is 2.08 bits per heavy atom. The smallest absolute Gasteiger partial charge is 0.305 e. The summed E-state index contributed by atoms with van der Waals surface area (Å²) in [5.74, 6) is -3.08. The largest absolute Gasteiger partial charge is 0.481 e. The summed E-state index contributed by atoms with van der Waals surface area (Å²) in [5, 5.41) is 9.02. The Hall–Kier alpha value is -2.02. The van der Waals surface area contributed by atoms with Crippen molar-refractivity contribution in [2.45, 2.75) is 37.3 Å². The van der Waals surface area contributed by atoms with E-state index in [0.717, 1.165) is 6.07 Å². The molecule has 24 heavy (non-hydrogen) atoms. The lowest BCUT2D eigenvalue weighted by Gasteiger charge is -2.23. The monoisotopic (exact) mass is 339 g/mol. The van der Waals surface area contributed by atoms with Crippen LogP contribution in [0.5, 0.6) is 0 Å². The van der Waals surface area contributed by atoms with Gasteiger partial charge in [-0.2, -0.15) is 0 Å². The minimum absolute atomic E-state index is 0.131. The number of carboxylic acid groups (broad SMARTS) is 1. The average Bonchev–Trinajstić information content (AvgIpc) is 3.20. The number of methoxy groups -OCH3 is 1. The Kier molecular flexibility index (Phi) is 4.54. The summed E-state index contributed by atoms with van der Waals surface area (Å²) >= 11 is 0. The molecular formula is C17H19F2NO4. The van der Waals surface area contributed by atoms with Crippen LogP contribution in [0.25, 0.3) is 0 Å². The van der Waals surface area contributed by atoms with Crippen molar-refractivity contribution in [3.63, 3.8) is 0 Å². The fourth-order valence-electron chi connectivity index (χ4n) is 3.54. The second kappa shape index (κ2) is 6.47. The van der Waals surface area contributed by atoms with Gasteiger partial charge in [0.15, 0.2) is 0 Å². The van der Waals surface area contributed by atoms with Gasteiger partial charge in [0.25, 0.3) is 0 Å². The zero-order chi connectivity index (χ0) is 17.4. The Morgan fingerprint density at radius 1 is 1.33 bits per heavy atom. The van der Waals surface area contributed by atoms with E-state index in [9.17, 15) is 18.4 Å². The molecule has 5 nitrogen and oxygen atoms in total. The number of hydrogen-bond donors (Lipinski definition) is 1. The van der Waals surface area contributed by atoms with Crippen LogP contribution in [-0.4, -0.2) is 47.7 Å². The quantitative estimate of drug-likeness (QED) is 0.893. The second-order valence-corrected chi connectivity index (χ2v) is 6.45. The lowest BCUT2D eigenvalue weighted by molar-refractivity contribution is -0.140. The van der Waals surface area contributed by atoms with Gasteiger partial charge in [0, 0.05) is 31.7 Å². The zero-order valence-corrected chi connectivity index (χ0v) is 13.2. The number of hydrogen-bond acceptors (Lipinski definition) is 3. The molecule has 0 bridgehead atoms. The van der Waals surface area contributed by atoms with Crippen molar-refractivity contribution in [2.24, 2.45) is 5.92 Å². The number of aliphatic carboxylic acids is 1. The van der Waals surface area contributed by atoms with Gasteiger partial charge < -0.3 is 14.7 Å². The van der Waals surface area contributed by atoms with Gasteiger partial charge in [-0.1, -0.05) is 6.07 Å². The van der Waals surface area contributed by atoms with Gasteiger partial charge in [-0.25, -0.2) is 8.78 Å². The summed E-state index contributed by atoms with van der Waals surface area (Å²) in [6.07, 6.45) is 0.665. The van der Waals surface area contributed by atoms with E-state index in [4.69, 9.17) is 9.84 Å². The molecule has 2 aliphatic rings. The third-order valence-electron chi connectivity index (χ3n) is 4.87. The number of amides is 1. The van der Waals surface area contributed by atoms with Crippen molar-refractivity contribution in [1.82, 2.24) is 4.90 Å². The first kappa shape index (κ1) is 16.8. The van der Waals surface area contributed by atoms with Gasteiger partial charge in [0.1, 0.15) is 11.6 Å². The van der Waals surface area contributed by atoms with Crippen LogP contribution in [0.15, 0.2) is 18.2 Å². The molecule has 1 saturated carbocycles. The van der Waals surface area contributed by atoms with Gasteiger partial charge in [-0.05, 0) is 30.4 Å². The number of nitrogens with zero attached hydrogens (tertiary/aromatic N) is 1. The highest BCUT2D eigenvalue weighted by molar-refractivity contribution is 5.84. The molecule has 1 aromatic carbocycles. The minimum atomic E-state index is -0.966. The average molecular weight is 339 g/mol. The number of likely N-dealkylation sites (tertiary alicyclic amines) is 1. The van der Waals surface area contributed by atoms with Crippen LogP contribution < -0.4 is 0 Å². The molecule has 4 atom stereocenters. The second-order valence-electron chi connectivity index (χ2n) is 6.45. The van der Waals surface area contributed by atoms with E-state index in [2.05, 4.69) is 0 Å². The molecule has 1 saturated heterocycles. The fraction of sp³-hybridized carbons (Fsp3) is 0.529. The van der Waals surface area contributed by atoms with E-state index in [1.165, 1.54) is 19.2 Å². The molecule has 130 valence electrons. The van der Waals surface area contributed by atoms with E-state index < -0.39 is 23.6 Å². The lowest BCUT2D eigenvalue weighted by Crippen LogP contribution is -2.38. The van der Waals surface area contributed by atoms with Crippen LogP contribution in [0.2, 0.25) is 0 Å². The molecule has 1 amide bonds. The Labute approximate surface area is 138 Å².